The van der Waals surface area contributed by atoms with Crippen molar-refractivity contribution >= 4 is 11.3 Å². The van der Waals surface area contributed by atoms with Gasteiger partial charge in [-0.2, -0.15) is 0 Å². The van der Waals surface area contributed by atoms with E-state index in [1.54, 1.807) is 11.3 Å². The minimum absolute atomic E-state index is 0.177. The molecule has 0 aromatic carbocycles. The zero-order valence-electron chi connectivity index (χ0n) is 12.2. The highest BCUT2D eigenvalue weighted by Crippen LogP contribution is 2.29. The van der Waals surface area contributed by atoms with Crippen LogP contribution in [0, 0.1) is 6.92 Å². The van der Waals surface area contributed by atoms with E-state index >= 15 is 0 Å². The van der Waals surface area contributed by atoms with Gasteiger partial charge in [-0.3, -0.25) is 0 Å². The molecule has 0 amide bonds. The smallest absolute Gasteiger partial charge is 0.122 e. The SMILES string of the molecule is CCCC(OCC)c1nc(C)c(CNC(C)C)s1. The third-order valence-electron chi connectivity index (χ3n) is 2.77. The molecule has 4 heteroatoms. The zero-order chi connectivity index (χ0) is 13.5. The van der Waals surface area contributed by atoms with Crippen molar-refractivity contribution in [3.05, 3.63) is 15.6 Å². The van der Waals surface area contributed by atoms with Crippen LogP contribution in [0.5, 0.6) is 0 Å². The first-order chi connectivity index (χ1) is 8.58. The maximum absolute atomic E-state index is 5.79. The second-order valence-electron chi connectivity index (χ2n) is 4.83. The molecule has 0 radical (unpaired) electrons. The summed E-state index contributed by atoms with van der Waals surface area (Å²) in [6.07, 6.45) is 2.36. The second-order valence-corrected chi connectivity index (χ2v) is 5.94. The number of nitrogens with zero attached hydrogens (tertiary/aromatic N) is 1. The quantitative estimate of drug-likeness (QED) is 0.779. The van der Waals surface area contributed by atoms with Gasteiger partial charge in [0.2, 0.25) is 0 Å². The number of aromatic nitrogens is 1. The molecule has 18 heavy (non-hydrogen) atoms. The van der Waals surface area contributed by atoms with Crippen molar-refractivity contribution in [2.45, 2.75) is 66.2 Å². The van der Waals surface area contributed by atoms with Crippen LogP contribution in [0.15, 0.2) is 0 Å². The van der Waals surface area contributed by atoms with Gasteiger partial charge in [0.05, 0.1) is 5.69 Å². The molecule has 1 atom stereocenters. The van der Waals surface area contributed by atoms with Crippen LogP contribution < -0.4 is 5.32 Å². The second kappa shape index (κ2) is 7.87. The van der Waals surface area contributed by atoms with E-state index in [2.05, 4.69) is 38.0 Å². The van der Waals surface area contributed by atoms with Crippen LogP contribution in [0.25, 0.3) is 0 Å². The van der Waals surface area contributed by atoms with Crippen molar-refractivity contribution in [2.75, 3.05) is 6.61 Å². The highest BCUT2D eigenvalue weighted by atomic mass is 32.1. The lowest BCUT2D eigenvalue weighted by atomic mass is 10.2. The Kier molecular flexibility index (Phi) is 6.82. The molecule has 0 fully saturated rings. The predicted molar refractivity (Wildman–Crippen MR) is 78.1 cm³/mol. The Bertz CT molecular complexity index is 344. The van der Waals surface area contributed by atoms with E-state index in [9.17, 15) is 0 Å². The topological polar surface area (TPSA) is 34.1 Å². The molecule has 1 rings (SSSR count). The maximum atomic E-state index is 5.79. The first kappa shape index (κ1) is 15.6. The number of rotatable bonds is 8. The summed E-state index contributed by atoms with van der Waals surface area (Å²) in [5, 5.41) is 4.58. The Hall–Kier alpha value is -0.450. The Balaban J connectivity index is 2.73. The highest BCUT2D eigenvalue weighted by Gasteiger charge is 2.17. The van der Waals surface area contributed by atoms with Crippen molar-refractivity contribution in [1.29, 1.82) is 0 Å². The summed E-state index contributed by atoms with van der Waals surface area (Å²) in [7, 11) is 0. The number of nitrogens with one attached hydrogen (secondary N) is 1. The third-order valence-corrected chi connectivity index (χ3v) is 4.02. The molecule has 1 heterocycles. The summed E-state index contributed by atoms with van der Waals surface area (Å²) in [4.78, 5) is 6.01. The molecular weight excluding hydrogens is 244 g/mol. The maximum Gasteiger partial charge on any atom is 0.122 e. The molecule has 0 aliphatic carbocycles. The monoisotopic (exact) mass is 270 g/mol. The standard InChI is InChI=1S/C14H26N2OS/c1-6-8-12(17-7-2)14-16-11(5)13(18-14)9-15-10(3)4/h10,12,15H,6-9H2,1-5H3. The van der Waals surface area contributed by atoms with Crippen LogP contribution in [-0.2, 0) is 11.3 Å². The summed E-state index contributed by atoms with van der Waals surface area (Å²) in [5.74, 6) is 0. The normalized spacial score (nSPS) is 13.2. The van der Waals surface area contributed by atoms with E-state index in [4.69, 9.17) is 4.74 Å². The van der Waals surface area contributed by atoms with Crippen LogP contribution >= 0.6 is 11.3 Å². The summed E-state index contributed by atoms with van der Waals surface area (Å²) in [5.41, 5.74) is 1.14. The minimum atomic E-state index is 0.177. The van der Waals surface area contributed by atoms with Gasteiger partial charge in [-0.25, -0.2) is 4.98 Å². The largest absolute Gasteiger partial charge is 0.371 e. The van der Waals surface area contributed by atoms with Crippen LogP contribution in [0.1, 0.15) is 62.2 Å². The van der Waals surface area contributed by atoms with Gasteiger partial charge in [-0.15, -0.1) is 11.3 Å². The summed E-state index contributed by atoms with van der Waals surface area (Å²) in [6, 6.07) is 0.508. The van der Waals surface area contributed by atoms with Crippen molar-refractivity contribution in [3.63, 3.8) is 0 Å². The fourth-order valence-corrected chi connectivity index (χ4v) is 2.89. The molecular formula is C14H26N2OS. The fraction of sp³-hybridized carbons (Fsp3) is 0.786. The Morgan fingerprint density at radius 3 is 2.61 bits per heavy atom. The molecule has 1 unspecified atom stereocenters. The summed E-state index contributed by atoms with van der Waals surface area (Å²) < 4.78 is 5.79. The van der Waals surface area contributed by atoms with E-state index in [0.29, 0.717) is 6.04 Å². The third kappa shape index (κ3) is 4.67. The van der Waals surface area contributed by atoms with Gasteiger partial charge < -0.3 is 10.1 Å². The summed E-state index contributed by atoms with van der Waals surface area (Å²) in [6.45, 7) is 12.3. The van der Waals surface area contributed by atoms with Gasteiger partial charge in [0.1, 0.15) is 11.1 Å². The number of thiazole rings is 1. The molecule has 0 saturated carbocycles. The fourth-order valence-electron chi connectivity index (χ4n) is 1.79. The molecule has 3 nitrogen and oxygen atoms in total. The number of hydrogen-bond donors (Lipinski definition) is 1. The minimum Gasteiger partial charge on any atom is -0.371 e. The zero-order valence-corrected chi connectivity index (χ0v) is 13.1. The van der Waals surface area contributed by atoms with Gasteiger partial charge in [-0.05, 0) is 20.3 Å². The molecule has 1 aromatic heterocycles. The van der Waals surface area contributed by atoms with E-state index in [1.807, 2.05) is 6.92 Å². The van der Waals surface area contributed by atoms with E-state index in [0.717, 1.165) is 36.7 Å². The van der Waals surface area contributed by atoms with Gasteiger partial charge in [0.25, 0.3) is 0 Å². The van der Waals surface area contributed by atoms with E-state index in [1.165, 1.54) is 4.88 Å². The summed E-state index contributed by atoms with van der Waals surface area (Å²) >= 11 is 1.79. The molecule has 1 N–H and O–H groups in total. The Morgan fingerprint density at radius 2 is 2.06 bits per heavy atom. The molecule has 0 spiro atoms. The molecule has 0 saturated heterocycles. The van der Waals surface area contributed by atoms with E-state index < -0.39 is 0 Å². The van der Waals surface area contributed by atoms with Crippen LogP contribution in [-0.4, -0.2) is 17.6 Å². The van der Waals surface area contributed by atoms with Gasteiger partial charge in [-0.1, -0.05) is 27.2 Å². The Morgan fingerprint density at radius 1 is 1.33 bits per heavy atom. The number of aryl methyl sites for hydroxylation is 1. The van der Waals surface area contributed by atoms with Crippen molar-refractivity contribution < 1.29 is 4.74 Å². The van der Waals surface area contributed by atoms with Crippen LogP contribution in [0.4, 0.5) is 0 Å². The first-order valence-electron chi connectivity index (χ1n) is 6.89. The Labute approximate surface area is 115 Å². The molecule has 104 valence electrons. The predicted octanol–water partition coefficient (Wildman–Crippen LogP) is 3.83. The van der Waals surface area contributed by atoms with Crippen LogP contribution in [0.3, 0.4) is 0 Å². The van der Waals surface area contributed by atoms with Crippen LogP contribution in [0.2, 0.25) is 0 Å². The number of hydrogen-bond acceptors (Lipinski definition) is 4. The van der Waals surface area contributed by atoms with Crippen molar-refractivity contribution in [1.82, 2.24) is 10.3 Å². The average Bonchev–Trinajstić information content (AvgIpc) is 2.68. The first-order valence-corrected chi connectivity index (χ1v) is 7.71. The molecule has 0 bridgehead atoms. The van der Waals surface area contributed by atoms with Crippen molar-refractivity contribution in [2.24, 2.45) is 0 Å². The average molecular weight is 270 g/mol. The highest BCUT2D eigenvalue weighted by molar-refractivity contribution is 7.11. The van der Waals surface area contributed by atoms with Gasteiger partial charge >= 0.3 is 0 Å². The molecule has 1 aromatic rings. The number of ether oxygens (including phenoxy) is 1. The van der Waals surface area contributed by atoms with Gasteiger partial charge in [0.15, 0.2) is 0 Å². The van der Waals surface area contributed by atoms with E-state index in [-0.39, 0.29) is 6.10 Å². The molecule has 0 aliphatic rings. The van der Waals surface area contributed by atoms with Gasteiger partial charge in [0, 0.05) is 24.1 Å². The molecule has 0 aliphatic heterocycles. The lowest BCUT2D eigenvalue weighted by Gasteiger charge is -2.12. The van der Waals surface area contributed by atoms with Crippen molar-refractivity contribution in [3.8, 4) is 0 Å². The lowest BCUT2D eigenvalue weighted by Crippen LogP contribution is -2.21. The lowest BCUT2D eigenvalue weighted by molar-refractivity contribution is 0.0554.